The maximum absolute atomic E-state index is 11.5. The van der Waals surface area contributed by atoms with E-state index in [0.717, 1.165) is 0 Å². The van der Waals surface area contributed by atoms with E-state index in [0.29, 0.717) is 0 Å². The van der Waals surface area contributed by atoms with Crippen LogP contribution >= 0.6 is 0 Å². The molecule has 4 aromatic carbocycles. The van der Waals surface area contributed by atoms with Gasteiger partial charge in [0.15, 0.2) is 0 Å². The Bertz CT molecular complexity index is 1130. The summed E-state index contributed by atoms with van der Waals surface area (Å²) in [7, 11) is -5.51. The molecule has 40 heavy (non-hydrogen) atoms. The number of aliphatic hydroxyl groups is 1. The summed E-state index contributed by atoms with van der Waals surface area (Å²) >= 11 is 0. The predicted molar refractivity (Wildman–Crippen MR) is 173 cm³/mol. The van der Waals surface area contributed by atoms with Crippen LogP contribution in [0.1, 0.15) is 41.5 Å². The predicted octanol–water partition coefficient (Wildman–Crippen LogP) is 5.50. The lowest BCUT2D eigenvalue weighted by atomic mass is 10.2. The van der Waals surface area contributed by atoms with Crippen molar-refractivity contribution in [3.8, 4) is 0 Å². The van der Waals surface area contributed by atoms with E-state index in [-0.39, 0.29) is 23.3 Å². The first-order valence-electron chi connectivity index (χ1n) is 14.2. The van der Waals surface area contributed by atoms with E-state index in [1.807, 2.05) is 24.3 Å². The van der Waals surface area contributed by atoms with Gasteiger partial charge >= 0.3 is 0 Å². The second kappa shape index (κ2) is 12.4. The van der Waals surface area contributed by atoms with Crippen molar-refractivity contribution in [3.63, 3.8) is 0 Å². The summed E-state index contributed by atoms with van der Waals surface area (Å²) in [5.74, 6) is 0. The van der Waals surface area contributed by atoms with E-state index < -0.39 is 22.7 Å². The summed E-state index contributed by atoms with van der Waals surface area (Å²) in [6, 6.07) is 42.2. The monoisotopic (exact) mass is 568 g/mol. The van der Waals surface area contributed by atoms with E-state index in [4.69, 9.17) is 8.85 Å². The molecule has 3 nitrogen and oxygen atoms in total. The van der Waals surface area contributed by atoms with Crippen molar-refractivity contribution in [3.05, 3.63) is 121 Å². The van der Waals surface area contributed by atoms with Gasteiger partial charge in [-0.1, -0.05) is 163 Å². The van der Waals surface area contributed by atoms with E-state index in [1.165, 1.54) is 20.7 Å². The summed E-state index contributed by atoms with van der Waals surface area (Å²) in [4.78, 5) is 0. The van der Waals surface area contributed by atoms with Gasteiger partial charge in [0.25, 0.3) is 16.6 Å². The zero-order valence-electron chi connectivity index (χ0n) is 24.8. The van der Waals surface area contributed by atoms with Crippen LogP contribution in [0, 0.1) is 0 Å². The highest BCUT2D eigenvalue weighted by molar-refractivity contribution is 7.00. The maximum atomic E-state index is 11.5. The highest BCUT2D eigenvalue weighted by atomic mass is 28.4. The fraction of sp³-hybridized carbons (Fsp3) is 0.314. The van der Waals surface area contributed by atoms with Crippen molar-refractivity contribution in [2.75, 3.05) is 13.2 Å². The minimum Gasteiger partial charge on any atom is -0.405 e. The third-order valence-electron chi connectivity index (χ3n) is 7.82. The summed E-state index contributed by atoms with van der Waals surface area (Å²) in [5, 5.41) is 16.0. The molecule has 0 saturated carbocycles. The molecule has 0 radical (unpaired) electrons. The molecule has 0 atom stereocenters. The van der Waals surface area contributed by atoms with Gasteiger partial charge in [0.1, 0.15) is 0 Å². The fourth-order valence-corrected chi connectivity index (χ4v) is 15.2. The summed E-state index contributed by atoms with van der Waals surface area (Å²) in [6.07, 6.45) is -0.775. The Morgan fingerprint density at radius 1 is 0.475 bits per heavy atom. The molecular weight excluding hydrogens is 525 g/mol. The Labute approximate surface area is 243 Å². The fourth-order valence-electron chi connectivity index (χ4n) is 6.01. The Morgan fingerprint density at radius 3 is 0.900 bits per heavy atom. The molecule has 0 saturated heterocycles. The molecule has 0 unspecified atom stereocenters. The van der Waals surface area contributed by atoms with Gasteiger partial charge in [-0.15, -0.1) is 0 Å². The summed E-state index contributed by atoms with van der Waals surface area (Å²) < 4.78 is 14.0. The number of hydrogen-bond acceptors (Lipinski definition) is 3. The molecule has 4 aromatic rings. The third kappa shape index (κ3) is 5.95. The smallest absolute Gasteiger partial charge is 0.261 e. The van der Waals surface area contributed by atoms with Gasteiger partial charge in [-0.2, -0.15) is 0 Å². The SMILES string of the molecule is CC(C)(C)[Si](OCC(O)CO[Si](c1ccccc1)(c1ccccc1)C(C)(C)C)(c1ccccc1)c1ccccc1. The van der Waals surface area contributed by atoms with Gasteiger partial charge in [0.05, 0.1) is 19.3 Å². The zero-order valence-corrected chi connectivity index (χ0v) is 26.8. The van der Waals surface area contributed by atoms with Crippen molar-refractivity contribution in [1.82, 2.24) is 0 Å². The quantitative estimate of drug-likeness (QED) is 0.257. The molecule has 0 amide bonds. The first-order chi connectivity index (χ1) is 19.0. The van der Waals surface area contributed by atoms with Crippen molar-refractivity contribution in [1.29, 1.82) is 0 Å². The molecule has 0 spiro atoms. The molecule has 0 fully saturated rings. The van der Waals surface area contributed by atoms with Crippen LogP contribution in [0.15, 0.2) is 121 Å². The highest BCUT2D eigenvalue weighted by Crippen LogP contribution is 2.38. The molecule has 0 aliphatic heterocycles. The molecule has 4 rings (SSSR count). The molecule has 210 valence electrons. The minimum absolute atomic E-state index is 0.158. The highest BCUT2D eigenvalue weighted by Gasteiger charge is 2.52. The Hall–Kier alpha value is -2.81. The van der Waals surface area contributed by atoms with Gasteiger partial charge in [-0.25, -0.2) is 0 Å². The molecular formula is C35H44O3Si2. The number of aliphatic hydroxyl groups excluding tert-OH is 1. The van der Waals surface area contributed by atoms with Crippen LogP contribution in [0.2, 0.25) is 10.1 Å². The van der Waals surface area contributed by atoms with Crippen LogP contribution in [0.4, 0.5) is 0 Å². The molecule has 0 aliphatic carbocycles. The van der Waals surface area contributed by atoms with Crippen LogP contribution in [-0.4, -0.2) is 41.1 Å². The molecule has 0 aliphatic rings. The van der Waals surface area contributed by atoms with E-state index in [1.54, 1.807) is 0 Å². The number of benzene rings is 4. The Morgan fingerprint density at radius 2 is 0.700 bits per heavy atom. The van der Waals surface area contributed by atoms with E-state index in [2.05, 4.69) is 139 Å². The first-order valence-corrected chi connectivity index (χ1v) is 18.0. The number of hydrogen-bond donors (Lipinski definition) is 1. The standard InChI is InChI=1S/C35H44O3Si2/c1-34(2,3)39(30-19-11-7-12-20-30,31-21-13-8-14-22-31)37-27-29(36)28-38-40(35(4,5)6,32-23-15-9-16-24-32)33-25-17-10-18-26-33/h7-26,29,36H,27-28H2,1-6H3. The Kier molecular flexibility index (Phi) is 9.33. The Balaban J connectivity index is 1.67. The third-order valence-corrected chi connectivity index (χ3v) is 17.8. The van der Waals surface area contributed by atoms with Crippen molar-refractivity contribution < 1.29 is 14.0 Å². The van der Waals surface area contributed by atoms with Crippen LogP contribution in [-0.2, 0) is 8.85 Å². The second-order valence-electron chi connectivity index (χ2n) is 12.6. The van der Waals surface area contributed by atoms with Gasteiger partial charge < -0.3 is 14.0 Å². The number of rotatable bonds is 10. The van der Waals surface area contributed by atoms with Gasteiger partial charge in [-0.3, -0.25) is 0 Å². The summed E-state index contributed by atoms with van der Waals surface area (Å²) in [6.45, 7) is 13.9. The molecule has 0 heterocycles. The van der Waals surface area contributed by atoms with Gasteiger partial charge in [0.2, 0.25) is 0 Å². The van der Waals surface area contributed by atoms with Crippen LogP contribution in [0.3, 0.4) is 0 Å². The maximum Gasteiger partial charge on any atom is 0.261 e. The topological polar surface area (TPSA) is 38.7 Å². The van der Waals surface area contributed by atoms with Gasteiger partial charge in [-0.05, 0) is 30.8 Å². The largest absolute Gasteiger partial charge is 0.405 e. The molecule has 0 aromatic heterocycles. The molecule has 0 bridgehead atoms. The average Bonchev–Trinajstić information content (AvgIpc) is 2.94. The average molecular weight is 569 g/mol. The molecule has 1 N–H and O–H groups in total. The van der Waals surface area contributed by atoms with Crippen LogP contribution < -0.4 is 20.7 Å². The van der Waals surface area contributed by atoms with E-state index in [9.17, 15) is 5.11 Å². The zero-order chi connectivity index (χ0) is 28.9. The van der Waals surface area contributed by atoms with Crippen molar-refractivity contribution >= 4 is 37.4 Å². The van der Waals surface area contributed by atoms with Crippen molar-refractivity contribution in [2.24, 2.45) is 0 Å². The minimum atomic E-state index is -2.76. The summed E-state index contributed by atoms with van der Waals surface area (Å²) in [5.41, 5.74) is 0. The normalized spacial score (nSPS) is 13.0. The lowest BCUT2D eigenvalue weighted by Gasteiger charge is -2.44. The van der Waals surface area contributed by atoms with Crippen LogP contribution in [0.5, 0.6) is 0 Å². The van der Waals surface area contributed by atoms with E-state index >= 15 is 0 Å². The second-order valence-corrected chi connectivity index (χ2v) is 21.2. The lowest BCUT2D eigenvalue weighted by molar-refractivity contribution is 0.0557. The van der Waals surface area contributed by atoms with Crippen LogP contribution in [0.25, 0.3) is 0 Å². The van der Waals surface area contributed by atoms with Gasteiger partial charge in [0, 0.05) is 0 Å². The lowest BCUT2D eigenvalue weighted by Crippen LogP contribution is -2.68. The molecule has 5 heteroatoms. The van der Waals surface area contributed by atoms with Crippen molar-refractivity contribution in [2.45, 2.75) is 57.7 Å². The first kappa shape index (κ1) is 30.2.